The lowest BCUT2D eigenvalue weighted by atomic mass is 9.78. The van der Waals surface area contributed by atoms with E-state index in [1.54, 1.807) is 0 Å². The van der Waals surface area contributed by atoms with E-state index >= 15 is 0 Å². The quantitative estimate of drug-likeness (QED) is 0.796. The minimum Gasteiger partial charge on any atom is -0.305 e. The maximum atomic E-state index is 12.0. The van der Waals surface area contributed by atoms with Crippen LogP contribution in [0.3, 0.4) is 0 Å². The van der Waals surface area contributed by atoms with Gasteiger partial charge in [0.15, 0.2) is 0 Å². The molecule has 0 amide bonds. The van der Waals surface area contributed by atoms with Crippen LogP contribution >= 0.6 is 0 Å². The van der Waals surface area contributed by atoms with E-state index in [2.05, 4.69) is 33.0 Å². The van der Waals surface area contributed by atoms with Crippen LogP contribution in [0.25, 0.3) is 0 Å². The zero-order valence-corrected chi connectivity index (χ0v) is 11.3. The Labute approximate surface area is 100 Å². The van der Waals surface area contributed by atoms with Gasteiger partial charge in [-0.3, -0.25) is 4.79 Å². The number of Topliss-reactive ketones (excluding diaryl/α,β-unsaturated/α-hetero) is 1. The third-order valence-corrected chi connectivity index (χ3v) is 3.61. The second kappa shape index (κ2) is 5.81. The molecule has 16 heavy (non-hydrogen) atoms. The minimum absolute atomic E-state index is 0.0501. The van der Waals surface area contributed by atoms with Crippen molar-refractivity contribution in [3.63, 3.8) is 0 Å². The Bertz CT molecular complexity index is 229. The van der Waals surface area contributed by atoms with Crippen LogP contribution in [0.5, 0.6) is 0 Å². The second-order valence-corrected chi connectivity index (χ2v) is 6.21. The van der Waals surface area contributed by atoms with Crippen molar-refractivity contribution in [2.45, 2.75) is 65.3 Å². The van der Waals surface area contributed by atoms with Crippen molar-refractivity contribution < 1.29 is 4.79 Å². The predicted octanol–water partition coefficient (Wildman–Crippen LogP) is 3.16. The van der Waals surface area contributed by atoms with Crippen LogP contribution in [0.2, 0.25) is 0 Å². The maximum Gasteiger partial charge on any atom is 0.149 e. The van der Waals surface area contributed by atoms with Gasteiger partial charge in [0.2, 0.25) is 0 Å². The van der Waals surface area contributed by atoms with Gasteiger partial charge < -0.3 is 5.32 Å². The van der Waals surface area contributed by atoms with E-state index in [0.717, 1.165) is 18.8 Å². The molecule has 0 bridgehead atoms. The van der Waals surface area contributed by atoms with Crippen LogP contribution in [-0.2, 0) is 4.79 Å². The number of hydrogen-bond acceptors (Lipinski definition) is 2. The van der Waals surface area contributed by atoms with Gasteiger partial charge in [-0.2, -0.15) is 0 Å². The van der Waals surface area contributed by atoms with Crippen LogP contribution in [0, 0.1) is 11.8 Å². The van der Waals surface area contributed by atoms with Crippen LogP contribution in [0.4, 0.5) is 0 Å². The number of nitrogens with one attached hydrogen (secondary N) is 1. The molecular weight excluding hydrogens is 198 g/mol. The summed E-state index contributed by atoms with van der Waals surface area (Å²) in [6.45, 7) is 9.11. The summed E-state index contributed by atoms with van der Waals surface area (Å²) in [6, 6.07) is 0. The molecule has 1 N–H and O–H groups in total. The van der Waals surface area contributed by atoms with E-state index in [1.165, 1.54) is 19.3 Å². The Kier molecular flexibility index (Phi) is 4.97. The fourth-order valence-corrected chi connectivity index (χ4v) is 2.45. The van der Waals surface area contributed by atoms with Gasteiger partial charge in [0.25, 0.3) is 0 Å². The Balaban J connectivity index is 2.36. The van der Waals surface area contributed by atoms with Crippen LogP contribution < -0.4 is 5.32 Å². The van der Waals surface area contributed by atoms with Crippen molar-refractivity contribution in [1.29, 1.82) is 0 Å². The number of carbonyl (C=O) groups excluding carboxylic acids is 1. The highest BCUT2D eigenvalue weighted by Crippen LogP contribution is 2.31. The summed E-state index contributed by atoms with van der Waals surface area (Å²) in [5, 5.41) is 3.30. The Morgan fingerprint density at radius 1 is 1.31 bits per heavy atom. The summed E-state index contributed by atoms with van der Waals surface area (Å²) in [5.74, 6) is 1.54. The summed E-state index contributed by atoms with van der Waals surface area (Å²) in [6.07, 6.45) is 6.04. The van der Waals surface area contributed by atoms with Crippen LogP contribution in [0.15, 0.2) is 0 Å². The van der Waals surface area contributed by atoms with Crippen molar-refractivity contribution in [3.05, 3.63) is 0 Å². The zero-order valence-electron chi connectivity index (χ0n) is 11.3. The van der Waals surface area contributed by atoms with Gasteiger partial charge in [0.05, 0.1) is 6.54 Å². The topological polar surface area (TPSA) is 29.1 Å². The molecule has 94 valence electrons. The standard InChI is InChI=1S/C14H27NO/c1-5-11-7-6-8-12(9-11)13(16)10-15-14(2,3)4/h11-12,15H,5-10H2,1-4H3. The summed E-state index contributed by atoms with van der Waals surface area (Å²) in [4.78, 5) is 12.0. The first-order valence-corrected chi connectivity index (χ1v) is 6.70. The lowest BCUT2D eigenvalue weighted by Crippen LogP contribution is -2.41. The van der Waals surface area contributed by atoms with Gasteiger partial charge in [-0.1, -0.05) is 26.2 Å². The lowest BCUT2D eigenvalue weighted by molar-refractivity contribution is -0.123. The fourth-order valence-electron chi connectivity index (χ4n) is 2.45. The van der Waals surface area contributed by atoms with E-state index in [9.17, 15) is 4.79 Å². The van der Waals surface area contributed by atoms with Gasteiger partial charge in [-0.25, -0.2) is 0 Å². The molecule has 0 aliphatic heterocycles. The van der Waals surface area contributed by atoms with E-state index in [1.807, 2.05) is 0 Å². The molecule has 2 unspecified atom stereocenters. The monoisotopic (exact) mass is 225 g/mol. The number of rotatable bonds is 4. The predicted molar refractivity (Wildman–Crippen MR) is 68.5 cm³/mol. The molecule has 2 heteroatoms. The van der Waals surface area contributed by atoms with Gasteiger partial charge in [-0.15, -0.1) is 0 Å². The first-order chi connectivity index (χ1) is 7.42. The number of hydrogen-bond donors (Lipinski definition) is 1. The van der Waals surface area contributed by atoms with Crippen molar-refractivity contribution in [2.75, 3.05) is 6.54 Å². The summed E-state index contributed by atoms with van der Waals surface area (Å²) in [7, 11) is 0. The van der Waals surface area contributed by atoms with Crippen LogP contribution in [-0.4, -0.2) is 17.9 Å². The molecule has 2 atom stereocenters. The highest BCUT2D eigenvalue weighted by atomic mass is 16.1. The normalized spacial score (nSPS) is 26.8. The highest BCUT2D eigenvalue weighted by molar-refractivity contribution is 5.83. The largest absolute Gasteiger partial charge is 0.305 e. The van der Waals surface area contributed by atoms with Crippen molar-refractivity contribution in [2.24, 2.45) is 11.8 Å². The lowest BCUT2D eigenvalue weighted by Gasteiger charge is -2.28. The van der Waals surface area contributed by atoms with Gasteiger partial charge in [0, 0.05) is 11.5 Å². The average Bonchev–Trinajstić information content (AvgIpc) is 2.25. The fraction of sp³-hybridized carbons (Fsp3) is 0.929. The smallest absolute Gasteiger partial charge is 0.149 e. The van der Waals surface area contributed by atoms with Crippen molar-refractivity contribution >= 4 is 5.78 Å². The summed E-state index contributed by atoms with van der Waals surface area (Å²) >= 11 is 0. The molecule has 1 rings (SSSR count). The molecule has 2 nitrogen and oxygen atoms in total. The molecule has 0 aromatic rings. The molecular formula is C14H27NO. The van der Waals surface area contributed by atoms with E-state index in [0.29, 0.717) is 18.2 Å². The second-order valence-electron chi connectivity index (χ2n) is 6.21. The maximum absolute atomic E-state index is 12.0. The highest BCUT2D eigenvalue weighted by Gasteiger charge is 2.26. The van der Waals surface area contributed by atoms with Crippen LogP contribution in [0.1, 0.15) is 59.8 Å². The van der Waals surface area contributed by atoms with E-state index in [-0.39, 0.29) is 5.54 Å². The molecule has 1 aliphatic carbocycles. The molecule has 0 spiro atoms. The Morgan fingerprint density at radius 2 is 2.00 bits per heavy atom. The van der Waals surface area contributed by atoms with Gasteiger partial charge in [-0.05, 0) is 39.5 Å². The summed E-state index contributed by atoms with van der Waals surface area (Å²) in [5.41, 5.74) is 0.0501. The molecule has 1 aliphatic rings. The third kappa shape index (κ3) is 4.65. The molecule has 0 aromatic carbocycles. The van der Waals surface area contributed by atoms with Gasteiger partial charge >= 0.3 is 0 Å². The summed E-state index contributed by atoms with van der Waals surface area (Å²) < 4.78 is 0. The molecule has 0 radical (unpaired) electrons. The zero-order chi connectivity index (χ0) is 12.2. The van der Waals surface area contributed by atoms with Gasteiger partial charge in [0.1, 0.15) is 5.78 Å². The number of carbonyl (C=O) groups is 1. The Hall–Kier alpha value is -0.370. The van der Waals surface area contributed by atoms with Crippen molar-refractivity contribution in [1.82, 2.24) is 5.32 Å². The first-order valence-electron chi connectivity index (χ1n) is 6.70. The minimum atomic E-state index is 0.0501. The van der Waals surface area contributed by atoms with E-state index < -0.39 is 0 Å². The molecule has 0 aromatic heterocycles. The molecule has 0 heterocycles. The molecule has 1 saturated carbocycles. The molecule has 0 saturated heterocycles. The first kappa shape index (κ1) is 13.7. The third-order valence-electron chi connectivity index (χ3n) is 3.61. The number of ketones is 1. The Morgan fingerprint density at radius 3 is 2.56 bits per heavy atom. The van der Waals surface area contributed by atoms with Crippen molar-refractivity contribution in [3.8, 4) is 0 Å². The SMILES string of the molecule is CCC1CCCC(C(=O)CNC(C)(C)C)C1. The van der Waals surface area contributed by atoms with E-state index in [4.69, 9.17) is 0 Å². The molecule has 1 fully saturated rings. The average molecular weight is 225 g/mol.